The molecule has 0 atom stereocenters. The van der Waals surface area contributed by atoms with Gasteiger partial charge < -0.3 is 14.6 Å². The SMILES string of the molecule is COc1ccnc(C(=O)Nc2nc3ccc(Oc4ccc(F)cc4)cc3s2)c1O. The van der Waals surface area contributed by atoms with Crippen molar-refractivity contribution in [2.45, 2.75) is 0 Å². The van der Waals surface area contributed by atoms with E-state index < -0.39 is 5.91 Å². The van der Waals surface area contributed by atoms with Gasteiger partial charge in [0.05, 0.1) is 17.3 Å². The van der Waals surface area contributed by atoms with Crippen LogP contribution >= 0.6 is 11.3 Å². The lowest BCUT2D eigenvalue weighted by molar-refractivity contribution is 0.101. The summed E-state index contributed by atoms with van der Waals surface area (Å²) in [4.78, 5) is 20.7. The van der Waals surface area contributed by atoms with E-state index in [4.69, 9.17) is 9.47 Å². The number of benzene rings is 2. The van der Waals surface area contributed by atoms with E-state index in [1.54, 1.807) is 18.2 Å². The van der Waals surface area contributed by atoms with Gasteiger partial charge in [0.15, 0.2) is 22.3 Å². The summed E-state index contributed by atoms with van der Waals surface area (Å²) in [6.07, 6.45) is 1.37. The summed E-state index contributed by atoms with van der Waals surface area (Å²) in [6, 6.07) is 12.4. The molecule has 4 rings (SSSR count). The molecule has 2 aromatic carbocycles. The van der Waals surface area contributed by atoms with Crippen molar-refractivity contribution in [1.29, 1.82) is 0 Å². The number of nitrogens with zero attached hydrogens (tertiary/aromatic N) is 2. The summed E-state index contributed by atoms with van der Waals surface area (Å²) < 4.78 is 24.5. The summed E-state index contributed by atoms with van der Waals surface area (Å²) in [6.45, 7) is 0. The van der Waals surface area contributed by atoms with Crippen LogP contribution in [0.25, 0.3) is 10.2 Å². The topological polar surface area (TPSA) is 93.6 Å². The smallest absolute Gasteiger partial charge is 0.280 e. The van der Waals surface area contributed by atoms with E-state index in [-0.39, 0.29) is 23.0 Å². The van der Waals surface area contributed by atoms with Crippen molar-refractivity contribution in [3.8, 4) is 23.0 Å². The first-order valence-corrected chi connectivity index (χ1v) is 9.22. The number of nitrogens with one attached hydrogen (secondary N) is 1. The fraction of sp³-hybridized carbons (Fsp3) is 0.0500. The van der Waals surface area contributed by atoms with Crippen LogP contribution in [0.3, 0.4) is 0 Å². The third-order valence-electron chi connectivity index (χ3n) is 3.95. The molecule has 0 radical (unpaired) electrons. The molecule has 1 amide bonds. The van der Waals surface area contributed by atoms with E-state index >= 15 is 0 Å². The number of amides is 1. The Labute approximate surface area is 168 Å². The molecule has 0 aliphatic rings. The summed E-state index contributed by atoms with van der Waals surface area (Å²) in [5.74, 6) is -0.0859. The average Bonchev–Trinajstić information content (AvgIpc) is 3.11. The number of rotatable bonds is 5. The van der Waals surface area contributed by atoms with Gasteiger partial charge >= 0.3 is 0 Å². The number of carbonyl (C=O) groups excluding carboxylic acids is 1. The van der Waals surface area contributed by atoms with Crippen LogP contribution in [0.2, 0.25) is 0 Å². The Balaban J connectivity index is 1.54. The van der Waals surface area contributed by atoms with E-state index in [2.05, 4.69) is 15.3 Å². The normalized spacial score (nSPS) is 10.7. The number of anilines is 1. The van der Waals surface area contributed by atoms with E-state index in [1.807, 2.05) is 0 Å². The highest BCUT2D eigenvalue weighted by molar-refractivity contribution is 7.22. The maximum atomic E-state index is 13.0. The van der Waals surface area contributed by atoms with Crippen molar-refractivity contribution in [2.75, 3.05) is 12.4 Å². The molecule has 29 heavy (non-hydrogen) atoms. The molecular formula is C20H14FN3O4S. The van der Waals surface area contributed by atoms with Crippen LogP contribution < -0.4 is 14.8 Å². The van der Waals surface area contributed by atoms with Crippen LogP contribution in [-0.4, -0.2) is 28.1 Å². The molecule has 0 saturated carbocycles. The first kappa shape index (κ1) is 18.6. The highest BCUT2D eigenvalue weighted by Gasteiger charge is 2.18. The number of methoxy groups -OCH3 is 1. The number of aromatic hydroxyl groups is 1. The highest BCUT2D eigenvalue weighted by atomic mass is 32.1. The lowest BCUT2D eigenvalue weighted by Crippen LogP contribution is -2.13. The predicted molar refractivity (Wildman–Crippen MR) is 107 cm³/mol. The van der Waals surface area contributed by atoms with Gasteiger partial charge in [0.25, 0.3) is 5.91 Å². The summed E-state index contributed by atoms with van der Waals surface area (Å²) in [5.41, 5.74) is 0.503. The Hall–Kier alpha value is -3.72. The number of fused-ring (bicyclic) bond motifs is 1. The molecule has 0 bridgehead atoms. The molecule has 0 saturated heterocycles. The van der Waals surface area contributed by atoms with Crippen molar-refractivity contribution >= 4 is 32.6 Å². The third-order valence-corrected chi connectivity index (χ3v) is 4.89. The van der Waals surface area contributed by atoms with Gasteiger partial charge in [0, 0.05) is 18.3 Å². The molecule has 7 nitrogen and oxygen atoms in total. The van der Waals surface area contributed by atoms with Gasteiger partial charge in [0.1, 0.15) is 17.3 Å². The molecule has 4 aromatic rings. The second-order valence-electron chi connectivity index (χ2n) is 5.87. The molecule has 0 unspecified atom stereocenters. The van der Waals surface area contributed by atoms with Gasteiger partial charge in [-0.1, -0.05) is 11.3 Å². The molecule has 0 fully saturated rings. The van der Waals surface area contributed by atoms with Crippen LogP contribution in [0, 0.1) is 5.82 Å². The summed E-state index contributed by atoms with van der Waals surface area (Å²) >= 11 is 1.24. The van der Waals surface area contributed by atoms with Crippen molar-refractivity contribution in [1.82, 2.24) is 9.97 Å². The molecule has 0 aliphatic heterocycles. The molecule has 2 aromatic heterocycles. The van der Waals surface area contributed by atoms with Crippen molar-refractivity contribution < 1.29 is 23.8 Å². The number of hydrogen-bond donors (Lipinski definition) is 2. The van der Waals surface area contributed by atoms with Gasteiger partial charge in [-0.25, -0.2) is 14.4 Å². The van der Waals surface area contributed by atoms with Gasteiger partial charge in [-0.3, -0.25) is 10.1 Å². The molecule has 0 aliphatic carbocycles. The number of pyridine rings is 1. The van der Waals surface area contributed by atoms with Gasteiger partial charge in [-0.15, -0.1) is 0 Å². The minimum Gasteiger partial charge on any atom is -0.503 e. The standard InChI is InChI=1S/C20H14FN3O4S/c1-27-15-8-9-22-17(18(15)25)19(26)24-20-23-14-7-6-13(10-16(14)29-20)28-12-4-2-11(21)3-5-12/h2-10,25H,1H3,(H,23,24,26). The maximum absolute atomic E-state index is 13.0. The average molecular weight is 411 g/mol. The van der Waals surface area contributed by atoms with Crippen LogP contribution in [0.1, 0.15) is 10.5 Å². The van der Waals surface area contributed by atoms with Crippen LogP contribution in [0.5, 0.6) is 23.0 Å². The second-order valence-corrected chi connectivity index (χ2v) is 6.90. The van der Waals surface area contributed by atoms with Gasteiger partial charge in [-0.05, 0) is 36.4 Å². The van der Waals surface area contributed by atoms with Crippen LogP contribution in [-0.2, 0) is 0 Å². The number of hydrogen-bond acceptors (Lipinski definition) is 7. The highest BCUT2D eigenvalue weighted by Crippen LogP contribution is 2.32. The fourth-order valence-corrected chi connectivity index (χ4v) is 3.47. The fourth-order valence-electron chi connectivity index (χ4n) is 2.58. The van der Waals surface area contributed by atoms with Gasteiger partial charge in [-0.2, -0.15) is 0 Å². The quantitative estimate of drug-likeness (QED) is 0.499. The van der Waals surface area contributed by atoms with Gasteiger partial charge in [0.2, 0.25) is 0 Å². The molecular weight excluding hydrogens is 397 g/mol. The zero-order chi connectivity index (χ0) is 20.4. The van der Waals surface area contributed by atoms with Crippen molar-refractivity contribution in [3.05, 3.63) is 66.2 Å². The lowest BCUT2D eigenvalue weighted by atomic mass is 10.3. The zero-order valence-corrected chi connectivity index (χ0v) is 15.9. The summed E-state index contributed by atoms with van der Waals surface area (Å²) in [7, 11) is 1.38. The zero-order valence-electron chi connectivity index (χ0n) is 15.0. The Morgan fingerprint density at radius 3 is 2.66 bits per heavy atom. The number of thiazole rings is 1. The van der Waals surface area contributed by atoms with E-state index in [0.717, 1.165) is 4.70 Å². The first-order chi connectivity index (χ1) is 14.0. The predicted octanol–water partition coefficient (Wildman–Crippen LogP) is 4.59. The number of aromatic nitrogens is 2. The van der Waals surface area contributed by atoms with E-state index in [1.165, 1.54) is 55.0 Å². The molecule has 2 N–H and O–H groups in total. The molecule has 9 heteroatoms. The molecule has 0 spiro atoms. The lowest BCUT2D eigenvalue weighted by Gasteiger charge is -2.06. The van der Waals surface area contributed by atoms with Crippen molar-refractivity contribution in [2.24, 2.45) is 0 Å². The maximum Gasteiger partial charge on any atom is 0.280 e. The Morgan fingerprint density at radius 2 is 1.90 bits per heavy atom. The number of halogens is 1. The number of ether oxygens (including phenoxy) is 2. The Morgan fingerprint density at radius 1 is 1.14 bits per heavy atom. The monoisotopic (exact) mass is 411 g/mol. The van der Waals surface area contributed by atoms with E-state index in [9.17, 15) is 14.3 Å². The number of carbonyl (C=O) groups is 1. The summed E-state index contributed by atoms with van der Waals surface area (Å²) in [5, 5.41) is 13.0. The van der Waals surface area contributed by atoms with Crippen LogP contribution in [0.4, 0.5) is 9.52 Å². The Bertz CT molecular complexity index is 1190. The minimum absolute atomic E-state index is 0.150. The Kier molecular flexibility index (Phi) is 4.96. The van der Waals surface area contributed by atoms with E-state index in [0.29, 0.717) is 22.1 Å². The molecule has 2 heterocycles. The molecule has 146 valence electrons. The van der Waals surface area contributed by atoms with Crippen molar-refractivity contribution in [3.63, 3.8) is 0 Å². The third kappa shape index (κ3) is 3.94. The minimum atomic E-state index is -0.608. The van der Waals surface area contributed by atoms with Crippen LogP contribution in [0.15, 0.2) is 54.7 Å². The second kappa shape index (κ2) is 7.72. The largest absolute Gasteiger partial charge is 0.503 e. The first-order valence-electron chi connectivity index (χ1n) is 8.41.